The summed E-state index contributed by atoms with van der Waals surface area (Å²) in [4.78, 5) is 14.0. The molecule has 2 aromatic carbocycles. The molecule has 1 aliphatic heterocycles. The van der Waals surface area contributed by atoms with Crippen LogP contribution < -0.4 is 4.90 Å². The first-order valence-corrected chi connectivity index (χ1v) is 6.20. The lowest BCUT2D eigenvalue weighted by Crippen LogP contribution is -2.22. The smallest absolute Gasteiger partial charge is 0.258 e. The lowest BCUT2D eigenvalue weighted by atomic mass is 10.1. The third-order valence-corrected chi connectivity index (χ3v) is 3.43. The topological polar surface area (TPSA) is 20.3 Å². The van der Waals surface area contributed by atoms with Crippen molar-refractivity contribution in [3.8, 4) is 0 Å². The zero-order valence-corrected chi connectivity index (χ0v) is 10.6. The van der Waals surface area contributed by atoms with Crippen LogP contribution in [0.2, 0.25) is 0 Å². The SMILES string of the molecule is O=C1c2ccccc2CN1c1cccc(Br)c1. The maximum Gasteiger partial charge on any atom is 0.258 e. The van der Waals surface area contributed by atoms with Crippen LogP contribution in [0.5, 0.6) is 0 Å². The number of carbonyl (C=O) groups excluding carboxylic acids is 1. The standard InChI is InChI=1S/C14H10BrNO/c15-11-5-3-6-12(8-11)16-9-10-4-1-2-7-13(10)14(16)17/h1-8H,9H2. The first kappa shape index (κ1) is 10.5. The number of halogens is 1. The van der Waals surface area contributed by atoms with Gasteiger partial charge < -0.3 is 4.90 Å². The molecule has 0 radical (unpaired) electrons. The van der Waals surface area contributed by atoms with Crippen molar-refractivity contribution in [3.63, 3.8) is 0 Å². The van der Waals surface area contributed by atoms with Gasteiger partial charge in [0.1, 0.15) is 0 Å². The monoisotopic (exact) mass is 287 g/mol. The van der Waals surface area contributed by atoms with Crippen molar-refractivity contribution in [3.05, 3.63) is 64.1 Å². The van der Waals surface area contributed by atoms with Gasteiger partial charge in [0.2, 0.25) is 0 Å². The van der Waals surface area contributed by atoms with Gasteiger partial charge >= 0.3 is 0 Å². The number of carbonyl (C=O) groups is 1. The van der Waals surface area contributed by atoms with Crippen molar-refractivity contribution in [2.75, 3.05) is 4.90 Å². The Morgan fingerprint density at radius 1 is 1.06 bits per heavy atom. The van der Waals surface area contributed by atoms with Crippen LogP contribution in [-0.4, -0.2) is 5.91 Å². The molecule has 0 unspecified atom stereocenters. The van der Waals surface area contributed by atoms with Gasteiger partial charge in [-0.05, 0) is 29.8 Å². The van der Waals surface area contributed by atoms with Crippen molar-refractivity contribution < 1.29 is 4.79 Å². The predicted molar refractivity (Wildman–Crippen MR) is 71.1 cm³/mol. The van der Waals surface area contributed by atoms with E-state index in [1.165, 1.54) is 0 Å². The second-order valence-electron chi connectivity index (χ2n) is 4.03. The van der Waals surface area contributed by atoms with E-state index >= 15 is 0 Å². The molecule has 1 amide bonds. The quantitative estimate of drug-likeness (QED) is 0.785. The summed E-state index contributed by atoms with van der Waals surface area (Å²) in [5.74, 6) is 0.0821. The van der Waals surface area contributed by atoms with E-state index in [0.29, 0.717) is 6.54 Å². The van der Waals surface area contributed by atoms with Crippen LogP contribution in [0.4, 0.5) is 5.69 Å². The van der Waals surface area contributed by atoms with Gasteiger partial charge in [-0.25, -0.2) is 0 Å². The summed E-state index contributed by atoms with van der Waals surface area (Å²) < 4.78 is 0.985. The molecule has 1 aliphatic rings. The van der Waals surface area contributed by atoms with Gasteiger partial charge in [0.25, 0.3) is 5.91 Å². The Hall–Kier alpha value is -1.61. The Kier molecular flexibility index (Phi) is 2.48. The fourth-order valence-corrected chi connectivity index (χ4v) is 2.49. The third-order valence-electron chi connectivity index (χ3n) is 2.94. The molecule has 2 aromatic rings. The number of hydrogen-bond donors (Lipinski definition) is 0. The molecule has 0 aliphatic carbocycles. The van der Waals surface area contributed by atoms with E-state index in [0.717, 1.165) is 21.3 Å². The van der Waals surface area contributed by atoms with Gasteiger partial charge in [-0.2, -0.15) is 0 Å². The molecule has 0 atom stereocenters. The van der Waals surface area contributed by atoms with E-state index in [2.05, 4.69) is 15.9 Å². The van der Waals surface area contributed by atoms with Crippen LogP contribution in [0.1, 0.15) is 15.9 Å². The minimum absolute atomic E-state index is 0.0821. The Balaban J connectivity index is 2.02. The molecule has 0 saturated heterocycles. The molecule has 84 valence electrons. The van der Waals surface area contributed by atoms with Crippen molar-refractivity contribution in [1.82, 2.24) is 0 Å². The van der Waals surface area contributed by atoms with Crippen molar-refractivity contribution in [2.24, 2.45) is 0 Å². The van der Waals surface area contributed by atoms with Gasteiger partial charge in [-0.1, -0.05) is 40.2 Å². The van der Waals surface area contributed by atoms with Crippen LogP contribution in [0.3, 0.4) is 0 Å². The van der Waals surface area contributed by atoms with Gasteiger partial charge in [-0.15, -0.1) is 0 Å². The second-order valence-corrected chi connectivity index (χ2v) is 4.94. The highest BCUT2D eigenvalue weighted by Crippen LogP contribution is 2.29. The average molecular weight is 288 g/mol. The Labute approximate surface area is 108 Å². The van der Waals surface area contributed by atoms with Crippen molar-refractivity contribution in [2.45, 2.75) is 6.54 Å². The Morgan fingerprint density at radius 2 is 1.88 bits per heavy atom. The van der Waals surface area contributed by atoms with E-state index in [1.54, 1.807) is 4.90 Å². The summed E-state index contributed by atoms with van der Waals surface area (Å²) in [6.07, 6.45) is 0. The molecule has 0 aromatic heterocycles. The Bertz CT molecular complexity index is 594. The van der Waals surface area contributed by atoms with Crippen LogP contribution >= 0.6 is 15.9 Å². The van der Waals surface area contributed by atoms with E-state index < -0.39 is 0 Å². The van der Waals surface area contributed by atoms with E-state index in [1.807, 2.05) is 48.5 Å². The fraction of sp³-hybridized carbons (Fsp3) is 0.0714. The molecule has 0 spiro atoms. The number of amides is 1. The first-order valence-electron chi connectivity index (χ1n) is 5.41. The van der Waals surface area contributed by atoms with E-state index in [-0.39, 0.29) is 5.91 Å². The summed E-state index contributed by atoms with van der Waals surface area (Å²) >= 11 is 3.43. The second kappa shape index (κ2) is 4.00. The van der Waals surface area contributed by atoms with Crippen molar-refractivity contribution >= 4 is 27.5 Å². The summed E-state index contributed by atoms with van der Waals surface area (Å²) in [5, 5.41) is 0. The molecule has 0 bridgehead atoms. The molecular weight excluding hydrogens is 278 g/mol. The number of hydrogen-bond acceptors (Lipinski definition) is 1. The highest BCUT2D eigenvalue weighted by molar-refractivity contribution is 9.10. The molecule has 17 heavy (non-hydrogen) atoms. The molecule has 3 rings (SSSR count). The molecule has 1 heterocycles. The van der Waals surface area contributed by atoms with E-state index in [4.69, 9.17) is 0 Å². The highest BCUT2D eigenvalue weighted by atomic mass is 79.9. The zero-order valence-electron chi connectivity index (χ0n) is 9.06. The highest BCUT2D eigenvalue weighted by Gasteiger charge is 2.27. The molecule has 0 N–H and O–H groups in total. The minimum atomic E-state index is 0.0821. The normalized spacial score (nSPS) is 13.9. The maximum atomic E-state index is 12.2. The summed E-state index contributed by atoms with van der Waals surface area (Å²) in [6.45, 7) is 0.658. The molecule has 0 saturated carbocycles. The zero-order chi connectivity index (χ0) is 11.8. The summed E-state index contributed by atoms with van der Waals surface area (Å²) in [7, 11) is 0. The lowest BCUT2D eigenvalue weighted by molar-refractivity contribution is 0.0996. The number of anilines is 1. The van der Waals surface area contributed by atoms with Crippen LogP contribution in [0.25, 0.3) is 0 Å². The molecule has 2 nitrogen and oxygen atoms in total. The average Bonchev–Trinajstić information content (AvgIpc) is 2.68. The maximum absolute atomic E-state index is 12.2. The lowest BCUT2D eigenvalue weighted by Gasteiger charge is -2.15. The summed E-state index contributed by atoms with van der Waals surface area (Å²) in [5.41, 5.74) is 2.84. The number of fused-ring (bicyclic) bond motifs is 1. The number of benzene rings is 2. The van der Waals surface area contributed by atoms with Gasteiger partial charge in [0.05, 0.1) is 6.54 Å². The largest absolute Gasteiger partial charge is 0.304 e. The number of rotatable bonds is 1. The third kappa shape index (κ3) is 1.76. The Morgan fingerprint density at radius 3 is 2.65 bits per heavy atom. The van der Waals surface area contributed by atoms with Gasteiger partial charge in [0, 0.05) is 15.7 Å². The van der Waals surface area contributed by atoms with Crippen LogP contribution in [0, 0.1) is 0 Å². The molecule has 0 fully saturated rings. The minimum Gasteiger partial charge on any atom is -0.304 e. The molecule has 3 heteroatoms. The first-order chi connectivity index (χ1) is 8.25. The molecular formula is C14H10BrNO. The predicted octanol–water partition coefficient (Wildman–Crippen LogP) is 3.61. The van der Waals surface area contributed by atoms with Crippen molar-refractivity contribution in [1.29, 1.82) is 0 Å². The number of nitrogens with zero attached hydrogens (tertiary/aromatic N) is 1. The summed E-state index contributed by atoms with van der Waals surface area (Å²) in [6, 6.07) is 15.6. The van der Waals surface area contributed by atoms with Crippen LogP contribution in [0.15, 0.2) is 53.0 Å². The fourth-order valence-electron chi connectivity index (χ4n) is 2.11. The van der Waals surface area contributed by atoms with Gasteiger partial charge in [-0.3, -0.25) is 4.79 Å². The van der Waals surface area contributed by atoms with Crippen LogP contribution in [-0.2, 0) is 6.54 Å². The van der Waals surface area contributed by atoms with E-state index in [9.17, 15) is 4.79 Å². The van der Waals surface area contributed by atoms with Gasteiger partial charge in [0.15, 0.2) is 0 Å².